The van der Waals surface area contributed by atoms with Gasteiger partial charge in [0.15, 0.2) is 0 Å². The Hall–Kier alpha value is -4.39. The van der Waals surface area contributed by atoms with Gasteiger partial charge in [0.2, 0.25) is 5.95 Å². The van der Waals surface area contributed by atoms with E-state index < -0.39 is 6.04 Å². The van der Waals surface area contributed by atoms with Gasteiger partial charge in [-0.25, -0.2) is 4.68 Å². The minimum atomic E-state index is -0.461. The van der Waals surface area contributed by atoms with Crippen molar-refractivity contribution in [1.82, 2.24) is 14.8 Å². The van der Waals surface area contributed by atoms with Crippen LogP contribution >= 0.6 is 0 Å². The lowest BCUT2D eigenvalue weighted by Crippen LogP contribution is -2.31. The molecule has 4 aromatic rings. The van der Waals surface area contributed by atoms with E-state index in [0.717, 1.165) is 39.4 Å². The number of anilines is 2. The highest BCUT2D eigenvalue weighted by Crippen LogP contribution is 2.36. The fraction of sp³-hybridized carbons (Fsp3) is 0.207. The molecule has 0 aliphatic carbocycles. The molecule has 1 amide bonds. The van der Waals surface area contributed by atoms with Gasteiger partial charge < -0.3 is 15.4 Å². The SMILES string of the molecule is CC1=C(C(=O)Nc2ccc(C)cc2C)[C@H](c2cccc(OCc3ccc(C)cc3)c2)n2ncnc2N1. The van der Waals surface area contributed by atoms with E-state index in [9.17, 15) is 4.79 Å². The molecule has 5 rings (SSSR count). The van der Waals surface area contributed by atoms with Crippen LogP contribution in [0, 0.1) is 20.8 Å². The molecule has 0 saturated carbocycles. The maximum atomic E-state index is 13.7. The van der Waals surface area contributed by atoms with E-state index in [4.69, 9.17) is 4.74 Å². The Morgan fingerprint density at radius 1 is 1.00 bits per heavy atom. The number of aromatic nitrogens is 3. The monoisotopic (exact) mass is 479 g/mol. The average Bonchev–Trinajstić information content (AvgIpc) is 3.32. The molecular weight excluding hydrogens is 450 g/mol. The van der Waals surface area contributed by atoms with Gasteiger partial charge in [-0.1, -0.05) is 59.7 Å². The quantitative estimate of drug-likeness (QED) is 0.370. The summed E-state index contributed by atoms with van der Waals surface area (Å²) in [6, 6.07) is 21.6. The number of nitrogens with one attached hydrogen (secondary N) is 2. The third-order valence-corrected chi connectivity index (χ3v) is 6.37. The third-order valence-electron chi connectivity index (χ3n) is 6.37. The summed E-state index contributed by atoms with van der Waals surface area (Å²) in [7, 11) is 0. The second kappa shape index (κ2) is 9.70. The van der Waals surface area contributed by atoms with Crippen LogP contribution in [-0.4, -0.2) is 20.7 Å². The van der Waals surface area contributed by atoms with Crippen LogP contribution in [0.1, 0.15) is 40.8 Å². The number of fused-ring (bicyclic) bond motifs is 1. The predicted octanol–water partition coefficient (Wildman–Crippen LogP) is 5.71. The van der Waals surface area contributed by atoms with Crippen LogP contribution in [-0.2, 0) is 11.4 Å². The van der Waals surface area contributed by atoms with Gasteiger partial charge in [-0.2, -0.15) is 10.1 Å². The Balaban J connectivity index is 1.46. The van der Waals surface area contributed by atoms with Gasteiger partial charge in [0.25, 0.3) is 5.91 Å². The van der Waals surface area contributed by atoms with Gasteiger partial charge in [0.05, 0.1) is 5.57 Å². The van der Waals surface area contributed by atoms with Gasteiger partial charge in [-0.05, 0) is 62.6 Å². The average molecular weight is 480 g/mol. The molecule has 7 heteroatoms. The molecule has 2 heterocycles. The lowest BCUT2D eigenvalue weighted by Gasteiger charge is -2.29. The summed E-state index contributed by atoms with van der Waals surface area (Å²) in [5.41, 5.74) is 7.43. The van der Waals surface area contributed by atoms with Crippen molar-refractivity contribution in [2.24, 2.45) is 0 Å². The topological polar surface area (TPSA) is 81.1 Å². The molecule has 3 aromatic carbocycles. The van der Waals surface area contributed by atoms with Gasteiger partial charge >= 0.3 is 0 Å². The number of hydrogen-bond acceptors (Lipinski definition) is 5. The molecule has 0 saturated heterocycles. The van der Waals surface area contributed by atoms with E-state index in [1.54, 1.807) is 4.68 Å². The van der Waals surface area contributed by atoms with Crippen molar-refractivity contribution in [1.29, 1.82) is 0 Å². The largest absolute Gasteiger partial charge is 0.489 e. The summed E-state index contributed by atoms with van der Waals surface area (Å²) in [4.78, 5) is 18.0. The smallest absolute Gasteiger partial charge is 0.255 e. The Morgan fingerprint density at radius 2 is 1.78 bits per heavy atom. The summed E-state index contributed by atoms with van der Waals surface area (Å²) in [6.07, 6.45) is 1.49. The van der Waals surface area contributed by atoms with Crippen molar-refractivity contribution in [2.45, 2.75) is 40.3 Å². The van der Waals surface area contributed by atoms with Crippen LogP contribution in [0.5, 0.6) is 5.75 Å². The summed E-state index contributed by atoms with van der Waals surface area (Å²) in [6.45, 7) is 8.44. The highest BCUT2D eigenvalue weighted by molar-refractivity contribution is 6.06. The molecule has 7 nitrogen and oxygen atoms in total. The number of amides is 1. The molecule has 1 aliphatic heterocycles. The maximum absolute atomic E-state index is 13.7. The van der Waals surface area contributed by atoms with Crippen molar-refractivity contribution in [2.75, 3.05) is 10.6 Å². The zero-order chi connectivity index (χ0) is 25.2. The van der Waals surface area contributed by atoms with E-state index in [1.807, 2.05) is 57.2 Å². The molecule has 1 aromatic heterocycles. The first-order valence-corrected chi connectivity index (χ1v) is 11.9. The fourth-order valence-corrected chi connectivity index (χ4v) is 4.46. The Labute approximate surface area is 210 Å². The first kappa shape index (κ1) is 23.4. The Kier molecular flexibility index (Phi) is 6.29. The van der Waals surface area contributed by atoms with Crippen molar-refractivity contribution in [3.8, 4) is 5.75 Å². The molecular formula is C29H29N5O2. The fourth-order valence-electron chi connectivity index (χ4n) is 4.46. The van der Waals surface area contributed by atoms with Crippen LogP contribution in [0.25, 0.3) is 0 Å². The van der Waals surface area contributed by atoms with Crippen molar-refractivity contribution < 1.29 is 9.53 Å². The van der Waals surface area contributed by atoms with Crippen LogP contribution in [0.15, 0.2) is 84.3 Å². The van der Waals surface area contributed by atoms with Crippen LogP contribution < -0.4 is 15.4 Å². The van der Waals surface area contributed by atoms with E-state index in [1.165, 1.54) is 11.9 Å². The molecule has 2 N–H and O–H groups in total. The summed E-state index contributed by atoms with van der Waals surface area (Å²) >= 11 is 0. The number of aryl methyl sites for hydroxylation is 3. The number of benzene rings is 3. The maximum Gasteiger partial charge on any atom is 0.255 e. The number of hydrogen-bond donors (Lipinski definition) is 2. The normalized spacial score (nSPS) is 14.7. The number of carbonyl (C=O) groups is 1. The van der Waals surface area contributed by atoms with Gasteiger partial charge in [-0.15, -0.1) is 0 Å². The van der Waals surface area contributed by atoms with E-state index >= 15 is 0 Å². The van der Waals surface area contributed by atoms with E-state index in [2.05, 4.69) is 58.0 Å². The molecule has 0 radical (unpaired) electrons. The highest BCUT2D eigenvalue weighted by atomic mass is 16.5. The lowest BCUT2D eigenvalue weighted by atomic mass is 9.94. The predicted molar refractivity (Wildman–Crippen MR) is 141 cm³/mol. The first-order valence-electron chi connectivity index (χ1n) is 11.9. The van der Waals surface area contributed by atoms with Crippen LogP contribution in [0.4, 0.5) is 11.6 Å². The first-order chi connectivity index (χ1) is 17.4. The standard InChI is InChI=1S/C29H29N5O2/c1-18-8-11-22(12-9-18)16-36-24-7-5-6-23(15-24)27-26(21(4)32-29-30-17-31-34(27)29)28(35)33-25-13-10-19(2)14-20(25)3/h5-15,17,27H,16H2,1-4H3,(H,33,35)(H,30,31,32)/t27-/m0/s1. The molecule has 36 heavy (non-hydrogen) atoms. The molecule has 182 valence electrons. The highest BCUT2D eigenvalue weighted by Gasteiger charge is 2.33. The minimum Gasteiger partial charge on any atom is -0.489 e. The number of ether oxygens (including phenoxy) is 1. The molecule has 1 aliphatic rings. The zero-order valence-corrected chi connectivity index (χ0v) is 20.9. The molecule has 0 spiro atoms. The molecule has 0 fully saturated rings. The number of rotatable bonds is 6. The molecule has 1 atom stereocenters. The van der Waals surface area contributed by atoms with Crippen LogP contribution in [0.3, 0.4) is 0 Å². The molecule has 0 unspecified atom stereocenters. The van der Waals surface area contributed by atoms with E-state index in [0.29, 0.717) is 18.1 Å². The summed E-state index contributed by atoms with van der Waals surface area (Å²) in [5, 5.41) is 10.8. The third kappa shape index (κ3) is 4.73. The van der Waals surface area contributed by atoms with Gasteiger partial charge in [0, 0.05) is 11.4 Å². The minimum absolute atomic E-state index is 0.191. The number of carbonyl (C=O) groups excluding carboxylic acids is 1. The Bertz CT molecular complexity index is 1450. The second-order valence-electron chi connectivity index (χ2n) is 9.21. The number of allylic oxidation sites excluding steroid dienone is 1. The van der Waals surface area contributed by atoms with Crippen LogP contribution in [0.2, 0.25) is 0 Å². The summed E-state index contributed by atoms with van der Waals surface area (Å²) in [5.74, 6) is 1.12. The lowest BCUT2D eigenvalue weighted by molar-refractivity contribution is -0.113. The van der Waals surface area contributed by atoms with Crippen molar-refractivity contribution in [3.63, 3.8) is 0 Å². The van der Waals surface area contributed by atoms with Crippen molar-refractivity contribution in [3.05, 3.63) is 112 Å². The zero-order valence-electron chi connectivity index (χ0n) is 20.9. The van der Waals surface area contributed by atoms with Gasteiger partial charge in [0.1, 0.15) is 24.7 Å². The molecule has 0 bridgehead atoms. The number of nitrogens with zero attached hydrogens (tertiary/aromatic N) is 3. The van der Waals surface area contributed by atoms with Gasteiger partial charge in [-0.3, -0.25) is 4.79 Å². The van der Waals surface area contributed by atoms with Crippen molar-refractivity contribution >= 4 is 17.5 Å². The van der Waals surface area contributed by atoms with E-state index in [-0.39, 0.29) is 5.91 Å². The Morgan fingerprint density at radius 3 is 2.56 bits per heavy atom. The second-order valence-corrected chi connectivity index (χ2v) is 9.21. The summed E-state index contributed by atoms with van der Waals surface area (Å²) < 4.78 is 7.84.